The van der Waals surface area contributed by atoms with Gasteiger partial charge in [0.05, 0.1) is 6.04 Å². The largest absolute Gasteiger partial charge is 0.356 e. The Hall–Kier alpha value is -2.89. The lowest BCUT2D eigenvalue weighted by Gasteiger charge is -2.29. The molecule has 5 nitrogen and oxygen atoms in total. The number of fused-ring (bicyclic) bond motifs is 1. The van der Waals surface area contributed by atoms with Gasteiger partial charge in [-0.15, -0.1) is 0 Å². The van der Waals surface area contributed by atoms with Crippen LogP contribution in [0.3, 0.4) is 0 Å². The van der Waals surface area contributed by atoms with E-state index in [-0.39, 0.29) is 17.8 Å². The molecule has 2 aromatic rings. The minimum absolute atomic E-state index is 0.0821. The molecule has 0 saturated carbocycles. The van der Waals surface area contributed by atoms with Gasteiger partial charge in [0.2, 0.25) is 5.91 Å². The molecule has 1 atom stereocenters. The van der Waals surface area contributed by atoms with Crippen LogP contribution in [0, 0.1) is 12.7 Å². The van der Waals surface area contributed by atoms with Crippen LogP contribution < -0.4 is 10.6 Å². The van der Waals surface area contributed by atoms with Crippen molar-refractivity contribution in [2.24, 2.45) is 4.99 Å². The molecular formula is C24H31FN4O. The summed E-state index contributed by atoms with van der Waals surface area (Å²) in [5.41, 5.74) is 4.10. The van der Waals surface area contributed by atoms with Gasteiger partial charge < -0.3 is 15.5 Å². The van der Waals surface area contributed by atoms with Crippen LogP contribution >= 0.6 is 0 Å². The Bertz CT molecular complexity index is 912. The third kappa shape index (κ3) is 5.59. The van der Waals surface area contributed by atoms with Crippen molar-refractivity contribution in [2.45, 2.75) is 45.7 Å². The Labute approximate surface area is 178 Å². The van der Waals surface area contributed by atoms with Crippen molar-refractivity contribution in [3.05, 3.63) is 70.5 Å². The molecule has 0 aromatic heterocycles. The molecule has 1 amide bonds. The molecule has 6 heteroatoms. The van der Waals surface area contributed by atoms with Crippen LogP contribution in [0.1, 0.15) is 48.1 Å². The zero-order chi connectivity index (χ0) is 21.5. The highest BCUT2D eigenvalue weighted by molar-refractivity contribution is 5.80. The summed E-state index contributed by atoms with van der Waals surface area (Å²) in [6.45, 7) is 5.86. The number of nitrogens with zero attached hydrogens (tertiary/aromatic N) is 2. The lowest BCUT2D eigenvalue weighted by molar-refractivity contribution is -0.132. The van der Waals surface area contributed by atoms with Crippen molar-refractivity contribution >= 4 is 11.9 Å². The Morgan fingerprint density at radius 2 is 2.00 bits per heavy atom. The Balaban J connectivity index is 1.41. The van der Waals surface area contributed by atoms with Crippen LogP contribution in [-0.4, -0.2) is 36.9 Å². The number of hydrogen-bond acceptors (Lipinski definition) is 2. The summed E-state index contributed by atoms with van der Waals surface area (Å²) < 4.78 is 13.8. The fourth-order valence-electron chi connectivity index (χ4n) is 3.67. The van der Waals surface area contributed by atoms with Gasteiger partial charge in [-0.05, 0) is 55.0 Å². The van der Waals surface area contributed by atoms with Crippen LogP contribution in [0.5, 0.6) is 0 Å². The van der Waals surface area contributed by atoms with E-state index in [1.165, 1.54) is 11.1 Å². The summed E-state index contributed by atoms with van der Waals surface area (Å²) in [5.74, 6) is 0.628. The van der Waals surface area contributed by atoms with Gasteiger partial charge in [-0.1, -0.05) is 36.4 Å². The molecule has 1 aliphatic rings. The van der Waals surface area contributed by atoms with E-state index in [0.29, 0.717) is 31.0 Å². The standard InChI is InChI=1S/C24H31FN4O/c1-17-10-11-20(15-22(17)25)18(2)28-24(26-3)27-13-6-9-23(30)29-14-12-19-7-4-5-8-21(19)16-29/h4-5,7-8,10-11,15,18H,6,9,12-14,16H2,1-3H3,(H2,26,27,28). The predicted octanol–water partition coefficient (Wildman–Crippen LogP) is 3.73. The van der Waals surface area contributed by atoms with Gasteiger partial charge in [0.1, 0.15) is 5.82 Å². The van der Waals surface area contributed by atoms with Crippen molar-refractivity contribution in [1.82, 2.24) is 15.5 Å². The minimum Gasteiger partial charge on any atom is -0.356 e. The van der Waals surface area contributed by atoms with Gasteiger partial charge >= 0.3 is 0 Å². The molecule has 3 rings (SSSR count). The normalized spacial score (nSPS) is 14.8. The van der Waals surface area contributed by atoms with Crippen molar-refractivity contribution < 1.29 is 9.18 Å². The number of aryl methyl sites for hydroxylation is 1. The third-order valence-corrected chi connectivity index (χ3v) is 5.62. The number of halogens is 1. The second kappa shape index (κ2) is 10.2. The average molecular weight is 411 g/mol. The van der Waals surface area contributed by atoms with E-state index in [4.69, 9.17) is 0 Å². The average Bonchev–Trinajstić information content (AvgIpc) is 2.77. The first-order chi connectivity index (χ1) is 14.5. The second-order valence-corrected chi connectivity index (χ2v) is 7.81. The first-order valence-electron chi connectivity index (χ1n) is 10.6. The lowest BCUT2D eigenvalue weighted by atomic mass is 9.99. The highest BCUT2D eigenvalue weighted by atomic mass is 19.1. The zero-order valence-electron chi connectivity index (χ0n) is 18.0. The Kier molecular flexibility index (Phi) is 7.44. The summed E-state index contributed by atoms with van der Waals surface area (Å²) in [6.07, 6.45) is 2.16. The number of carbonyl (C=O) groups excluding carboxylic acids is 1. The number of carbonyl (C=O) groups is 1. The van der Waals surface area contributed by atoms with E-state index in [0.717, 1.165) is 24.9 Å². The topological polar surface area (TPSA) is 56.7 Å². The minimum atomic E-state index is -0.206. The number of nitrogens with one attached hydrogen (secondary N) is 2. The van der Waals surface area contributed by atoms with E-state index >= 15 is 0 Å². The van der Waals surface area contributed by atoms with Gasteiger partial charge in [0, 0.05) is 33.1 Å². The van der Waals surface area contributed by atoms with Gasteiger partial charge in [0.15, 0.2) is 5.96 Å². The van der Waals surface area contributed by atoms with E-state index in [1.807, 2.05) is 24.0 Å². The Morgan fingerprint density at radius 1 is 1.23 bits per heavy atom. The van der Waals surface area contributed by atoms with Gasteiger partial charge in [-0.2, -0.15) is 0 Å². The summed E-state index contributed by atoms with van der Waals surface area (Å²) in [6, 6.07) is 13.5. The first-order valence-corrected chi connectivity index (χ1v) is 10.6. The number of guanidine groups is 1. The van der Waals surface area contributed by atoms with Crippen molar-refractivity contribution in [1.29, 1.82) is 0 Å². The molecule has 160 valence electrons. The molecule has 0 radical (unpaired) electrons. The maximum Gasteiger partial charge on any atom is 0.222 e. The van der Waals surface area contributed by atoms with E-state index in [2.05, 4.69) is 33.8 Å². The van der Waals surface area contributed by atoms with E-state index in [9.17, 15) is 9.18 Å². The summed E-state index contributed by atoms with van der Waals surface area (Å²) in [4.78, 5) is 18.7. The molecule has 2 N–H and O–H groups in total. The van der Waals surface area contributed by atoms with Gasteiger partial charge in [-0.3, -0.25) is 9.79 Å². The smallest absolute Gasteiger partial charge is 0.222 e. The van der Waals surface area contributed by atoms with Gasteiger partial charge in [-0.25, -0.2) is 4.39 Å². The SMILES string of the molecule is CN=C(NCCCC(=O)N1CCc2ccccc2C1)NC(C)c1ccc(C)c(F)c1. The van der Waals surface area contributed by atoms with Crippen LogP contribution in [0.4, 0.5) is 4.39 Å². The number of hydrogen-bond donors (Lipinski definition) is 2. The van der Waals surface area contributed by atoms with E-state index < -0.39 is 0 Å². The monoisotopic (exact) mass is 410 g/mol. The number of amides is 1. The third-order valence-electron chi connectivity index (χ3n) is 5.62. The molecule has 0 bridgehead atoms. The molecule has 1 aliphatic heterocycles. The van der Waals surface area contributed by atoms with Crippen molar-refractivity contribution in [2.75, 3.05) is 20.1 Å². The molecular weight excluding hydrogens is 379 g/mol. The van der Waals surface area contributed by atoms with Crippen LogP contribution in [0.25, 0.3) is 0 Å². The quantitative estimate of drug-likeness (QED) is 0.434. The zero-order valence-corrected chi connectivity index (χ0v) is 18.0. The number of aliphatic imine (C=N–C) groups is 1. The summed E-state index contributed by atoms with van der Waals surface area (Å²) in [5, 5.41) is 6.51. The van der Waals surface area contributed by atoms with Crippen LogP contribution in [0.15, 0.2) is 47.5 Å². The summed E-state index contributed by atoms with van der Waals surface area (Å²) in [7, 11) is 1.70. The molecule has 2 aromatic carbocycles. The molecule has 0 saturated heterocycles. The maximum atomic E-state index is 13.8. The predicted molar refractivity (Wildman–Crippen MR) is 119 cm³/mol. The van der Waals surface area contributed by atoms with Crippen LogP contribution in [-0.2, 0) is 17.8 Å². The highest BCUT2D eigenvalue weighted by Gasteiger charge is 2.19. The van der Waals surface area contributed by atoms with E-state index in [1.54, 1.807) is 26.1 Å². The molecule has 0 aliphatic carbocycles. The van der Waals surface area contributed by atoms with Crippen molar-refractivity contribution in [3.8, 4) is 0 Å². The van der Waals surface area contributed by atoms with Gasteiger partial charge in [0.25, 0.3) is 0 Å². The maximum absolute atomic E-state index is 13.8. The summed E-state index contributed by atoms with van der Waals surface area (Å²) >= 11 is 0. The molecule has 30 heavy (non-hydrogen) atoms. The molecule has 0 fully saturated rings. The number of rotatable bonds is 6. The highest BCUT2D eigenvalue weighted by Crippen LogP contribution is 2.19. The Morgan fingerprint density at radius 3 is 2.73 bits per heavy atom. The van der Waals surface area contributed by atoms with Crippen molar-refractivity contribution in [3.63, 3.8) is 0 Å². The first kappa shape index (κ1) is 21.8. The number of benzene rings is 2. The molecule has 1 heterocycles. The molecule has 1 unspecified atom stereocenters. The second-order valence-electron chi connectivity index (χ2n) is 7.81. The fourth-order valence-corrected chi connectivity index (χ4v) is 3.67. The lowest BCUT2D eigenvalue weighted by Crippen LogP contribution is -2.40. The molecule has 0 spiro atoms. The fraction of sp³-hybridized carbons (Fsp3) is 0.417. The van der Waals surface area contributed by atoms with Crippen LogP contribution in [0.2, 0.25) is 0 Å².